The number of aryl methyl sites for hydroxylation is 1. The summed E-state index contributed by atoms with van der Waals surface area (Å²) in [6.07, 6.45) is -3.75. The second-order valence-electron chi connectivity index (χ2n) is 5.33. The Labute approximate surface area is 146 Å². The van der Waals surface area contributed by atoms with Crippen molar-refractivity contribution in [3.63, 3.8) is 0 Å². The van der Waals surface area contributed by atoms with Gasteiger partial charge in [-0.25, -0.2) is 9.48 Å². The minimum atomic E-state index is -4.52. The van der Waals surface area contributed by atoms with Crippen molar-refractivity contribution in [1.29, 1.82) is 0 Å². The molecule has 7 nitrogen and oxygen atoms in total. The fourth-order valence-corrected chi connectivity index (χ4v) is 2.41. The molecule has 1 heterocycles. The van der Waals surface area contributed by atoms with Crippen molar-refractivity contribution in [2.24, 2.45) is 0 Å². The molecule has 0 radical (unpaired) electrons. The standard InChI is InChI=1S/C16H16F3N3O4/c1-3-5-12-13(22(24)25)14(15(23)26-4-2)21(20-12)11-8-6-10(7-9-11)16(17,18)19/h6-9H,3-5H2,1-2H3. The van der Waals surface area contributed by atoms with Gasteiger partial charge in [-0.2, -0.15) is 18.3 Å². The molecular formula is C16H16F3N3O4. The zero-order valence-electron chi connectivity index (χ0n) is 14.0. The second-order valence-corrected chi connectivity index (χ2v) is 5.33. The van der Waals surface area contributed by atoms with Crippen LogP contribution in [-0.4, -0.2) is 27.3 Å². The van der Waals surface area contributed by atoms with Crippen LogP contribution in [0.4, 0.5) is 18.9 Å². The van der Waals surface area contributed by atoms with Gasteiger partial charge in [-0.1, -0.05) is 13.3 Å². The smallest absolute Gasteiger partial charge is 0.416 e. The van der Waals surface area contributed by atoms with E-state index in [-0.39, 0.29) is 24.4 Å². The first kappa shape index (κ1) is 19.4. The molecule has 0 aliphatic rings. The number of hydrogen-bond acceptors (Lipinski definition) is 5. The van der Waals surface area contributed by atoms with E-state index >= 15 is 0 Å². The molecule has 0 bridgehead atoms. The van der Waals surface area contributed by atoms with Crippen LogP contribution in [0.15, 0.2) is 24.3 Å². The Morgan fingerprint density at radius 2 is 1.88 bits per heavy atom. The molecule has 1 aromatic heterocycles. The Morgan fingerprint density at radius 1 is 1.27 bits per heavy atom. The van der Waals surface area contributed by atoms with Gasteiger partial charge in [0, 0.05) is 0 Å². The van der Waals surface area contributed by atoms with Crippen molar-refractivity contribution in [2.45, 2.75) is 32.9 Å². The molecule has 1 aromatic carbocycles. The first-order valence-corrected chi connectivity index (χ1v) is 7.81. The zero-order valence-corrected chi connectivity index (χ0v) is 14.0. The van der Waals surface area contributed by atoms with Gasteiger partial charge in [0.05, 0.1) is 22.8 Å². The van der Waals surface area contributed by atoms with Gasteiger partial charge in [-0.05, 0) is 37.6 Å². The van der Waals surface area contributed by atoms with E-state index in [0.717, 1.165) is 28.9 Å². The lowest BCUT2D eigenvalue weighted by molar-refractivity contribution is -0.386. The van der Waals surface area contributed by atoms with E-state index in [4.69, 9.17) is 4.74 Å². The van der Waals surface area contributed by atoms with Crippen LogP contribution < -0.4 is 0 Å². The SMILES string of the molecule is CCCc1nn(-c2ccc(C(F)(F)F)cc2)c(C(=O)OCC)c1[N+](=O)[O-]. The van der Waals surface area contributed by atoms with Gasteiger partial charge >= 0.3 is 17.8 Å². The summed E-state index contributed by atoms with van der Waals surface area (Å²) in [6.45, 7) is 3.30. The summed E-state index contributed by atoms with van der Waals surface area (Å²) in [6, 6.07) is 3.82. The fraction of sp³-hybridized carbons (Fsp3) is 0.375. The van der Waals surface area contributed by atoms with Crippen LogP contribution in [0.2, 0.25) is 0 Å². The van der Waals surface area contributed by atoms with E-state index in [1.807, 2.05) is 0 Å². The summed E-state index contributed by atoms with van der Waals surface area (Å²) in [5, 5.41) is 15.5. The number of carbonyl (C=O) groups is 1. The molecule has 0 aliphatic heterocycles. The average Bonchev–Trinajstić information content (AvgIpc) is 2.94. The molecular weight excluding hydrogens is 355 g/mol. The topological polar surface area (TPSA) is 87.3 Å². The number of ether oxygens (including phenoxy) is 1. The molecule has 0 fully saturated rings. The molecule has 0 unspecified atom stereocenters. The molecule has 0 atom stereocenters. The van der Waals surface area contributed by atoms with Gasteiger partial charge < -0.3 is 4.74 Å². The van der Waals surface area contributed by atoms with Crippen molar-refractivity contribution in [1.82, 2.24) is 9.78 Å². The van der Waals surface area contributed by atoms with Gasteiger partial charge in [0.25, 0.3) is 0 Å². The minimum absolute atomic E-state index is 0.0166. The molecule has 0 saturated carbocycles. The Balaban J connectivity index is 2.65. The van der Waals surface area contributed by atoms with Crippen LogP contribution in [0, 0.1) is 10.1 Å². The quantitative estimate of drug-likeness (QED) is 0.436. The molecule has 0 N–H and O–H groups in total. The van der Waals surface area contributed by atoms with Gasteiger partial charge in [0.1, 0.15) is 5.69 Å². The van der Waals surface area contributed by atoms with Gasteiger partial charge in [-0.15, -0.1) is 0 Å². The number of aromatic nitrogens is 2. The van der Waals surface area contributed by atoms with Crippen LogP contribution in [-0.2, 0) is 17.3 Å². The number of nitrogens with zero attached hydrogens (tertiary/aromatic N) is 3. The third-order valence-electron chi connectivity index (χ3n) is 3.51. The first-order valence-electron chi connectivity index (χ1n) is 7.81. The molecule has 0 aliphatic carbocycles. The molecule has 0 saturated heterocycles. The molecule has 2 aromatic rings. The fourth-order valence-electron chi connectivity index (χ4n) is 2.41. The number of benzene rings is 1. The number of rotatable bonds is 6. The lowest BCUT2D eigenvalue weighted by Gasteiger charge is -2.09. The van der Waals surface area contributed by atoms with Gasteiger partial charge in [0.15, 0.2) is 0 Å². The monoisotopic (exact) mass is 371 g/mol. The highest BCUT2D eigenvalue weighted by Crippen LogP contribution is 2.31. The lowest BCUT2D eigenvalue weighted by Crippen LogP contribution is -2.14. The van der Waals surface area contributed by atoms with E-state index in [0.29, 0.717) is 6.42 Å². The summed E-state index contributed by atoms with van der Waals surface area (Å²) in [5.41, 5.74) is -1.63. The molecule has 10 heteroatoms. The average molecular weight is 371 g/mol. The van der Waals surface area contributed by atoms with E-state index in [2.05, 4.69) is 5.10 Å². The number of alkyl halides is 3. The predicted molar refractivity (Wildman–Crippen MR) is 85.2 cm³/mol. The summed E-state index contributed by atoms with van der Waals surface area (Å²) < 4.78 is 44.0. The summed E-state index contributed by atoms with van der Waals surface area (Å²) >= 11 is 0. The Morgan fingerprint density at radius 3 is 2.35 bits per heavy atom. The summed E-state index contributed by atoms with van der Waals surface area (Å²) in [4.78, 5) is 23.0. The van der Waals surface area contributed by atoms with Crippen molar-refractivity contribution in [3.05, 3.63) is 51.3 Å². The Bertz CT molecular complexity index is 813. The van der Waals surface area contributed by atoms with E-state index in [1.165, 1.54) is 6.92 Å². The number of esters is 1. The molecule has 140 valence electrons. The van der Waals surface area contributed by atoms with Gasteiger partial charge in [-0.3, -0.25) is 10.1 Å². The number of halogens is 3. The largest absolute Gasteiger partial charge is 0.461 e. The summed E-state index contributed by atoms with van der Waals surface area (Å²) in [7, 11) is 0. The number of carbonyl (C=O) groups excluding carboxylic acids is 1. The molecule has 0 spiro atoms. The van der Waals surface area contributed by atoms with Crippen molar-refractivity contribution < 1.29 is 27.6 Å². The Kier molecular flexibility index (Phi) is 5.63. The van der Waals surface area contributed by atoms with Crippen molar-refractivity contribution in [2.75, 3.05) is 6.61 Å². The lowest BCUT2D eigenvalue weighted by atomic mass is 10.2. The van der Waals surface area contributed by atoms with Crippen molar-refractivity contribution >= 4 is 11.7 Å². The highest BCUT2D eigenvalue weighted by molar-refractivity contribution is 5.93. The first-order chi connectivity index (χ1) is 12.2. The van der Waals surface area contributed by atoms with Crippen LogP contribution in [0.25, 0.3) is 5.69 Å². The maximum absolute atomic E-state index is 12.7. The zero-order chi connectivity index (χ0) is 19.5. The van der Waals surface area contributed by atoms with E-state index in [1.54, 1.807) is 6.92 Å². The molecule has 26 heavy (non-hydrogen) atoms. The normalized spacial score (nSPS) is 11.4. The predicted octanol–water partition coefficient (Wildman–Crippen LogP) is 3.93. The second kappa shape index (κ2) is 7.54. The van der Waals surface area contributed by atoms with Crippen molar-refractivity contribution in [3.8, 4) is 5.69 Å². The Hall–Kier alpha value is -2.91. The third-order valence-corrected chi connectivity index (χ3v) is 3.51. The summed E-state index contributed by atoms with van der Waals surface area (Å²) in [5.74, 6) is -0.964. The minimum Gasteiger partial charge on any atom is -0.461 e. The maximum Gasteiger partial charge on any atom is 0.416 e. The third kappa shape index (κ3) is 3.84. The van der Waals surface area contributed by atoms with Gasteiger partial charge in [0.2, 0.25) is 5.69 Å². The highest BCUT2D eigenvalue weighted by atomic mass is 19.4. The van der Waals surface area contributed by atoms with E-state index < -0.39 is 34.0 Å². The number of nitro groups is 1. The van der Waals surface area contributed by atoms with E-state index in [9.17, 15) is 28.1 Å². The molecule has 0 amide bonds. The maximum atomic E-state index is 12.7. The van der Waals surface area contributed by atoms with Crippen LogP contribution in [0.1, 0.15) is 42.0 Å². The van der Waals surface area contributed by atoms with Crippen LogP contribution >= 0.6 is 0 Å². The van der Waals surface area contributed by atoms with Crippen LogP contribution in [0.3, 0.4) is 0 Å². The highest BCUT2D eigenvalue weighted by Gasteiger charge is 2.34. The van der Waals surface area contributed by atoms with Crippen LogP contribution in [0.5, 0.6) is 0 Å². The molecule has 2 rings (SSSR count). The number of hydrogen-bond donors (Lipinski definition) is 0.